The molecule has 1 aromatic heterocycles. The number of halogens is 2. The molecule has 0 spiro atoms. The highest BCUT2D eigenvalue weighted by molar-refractivity contribution is 9.10. The number of rotatable bonds is 1. The summed E-state index contributed by atoms with van der Waals surface area (Å²) >= 11 is 9.10. The summed E-state index contributed by atoms with van der Waals surface area (Å²) in [4.78, 5) is 17.1. The molecule has 1 aromatic rings. The number of hydrogen-bond donors (Lipinski definition) is 0. The Labute approximate surface area is 114 Å². The van der Waals surface area contributed by atoms with Gasteiger partial charge in [0.15, 0.2) is 0 Å². The molecule has 0 fully saturated rings. The summed E-state index contributed by atoms with van der Waals surface area (Å²) in [6, 6.07) is 1.66. The molecular weight excluding hydrogens is 307 g/mol. The van der Waals surface area contributed by atoms with Crippen LogP contribution < -0.4 is 4.90 Å². The van der Waals surface area contributed by atoms with Gasteiger partial charge < -0.3 is 4.74 Å². The zero-order valence-electron chi connectivity index (χ0n) is 10.1. The third kappa shape index (κ3) is 4.16. The summed E-state index contributed by atoms with van der Waals surface area (Å²) in [6.45, 7) is 5.43. The first-order valence-corrected chi connectivity index (χ1v) is 6.15. The number of pyridine rings is 1. The molecule has 94 valence electrons. The Morgan fingerprint density at radius 3 is 2.59 bits per heavy atom. The number of nitrogens with zero attached hydrogens (tertiary/aromatic N) is 2. The van der Waals surface area contributed by atoms with Crippen LogP contribution in [0.3, 0.4) is 0 Å². The number of aromatic nitrogens is 1. The number of carbonyl (C=O) groups excluding carboxylic acids is 1. The van der Waals surface area contributed by atoms with E-state index in [1.807, 2.05) is 20.8 Å². The monoisotopic (exact) mass is 320 g/mol. The molecule has 0 radical (unpaired) electrons. The first kappa shape index (κ1) is 14.3. The molecule has 0 atom stereocenters. The summed E-state index contributed by atoms with van der Waals surface area (Å²) in [5.41, 5.74) is -0.533. The molecule has 1 heterocycles. The van der Waals surface area contributed by atoms with Gasteiger partial charge in [-0.3, -0.25) is 4.90 Å². The van der Waals surface area contributed by atoms with Crippen LogP contribution in [0.25, 0.3) is 0 Å². The Hall–Kier alpha value is -0.810. The highest BCUT2D eigenvalue weighted by atomic mass is 79.9. The lowest BCUT2D eigenvalue weighted by Gasteiger charge is -2.24. The van der Waals surface area contributed by atoms with Gasteiger partial charge in [0.1, 0.15) is 11.4 Å². The Bertz CT molecular complexity index is 432. The molecule has 0 aliphatic carbocycles. The van der Waals surface area contributed by atoms with Gasteiger partial charge in [-0.15, -0.1) is 0 Å². The van der Waals surface area contributed by atoms with Crippen molar-refractivity contribution in [3.05, 3.63) is 21.8 Å². The van der Waals surface area contributed by atoms with Crippen molar-refractivity contribution in [2.24, 2.45) is 0 Å². The summed E-state index contributed by atoms with van der Waals surface area (Å²) < 4.78 is 5.90. The van der Waals surface area contributed by atoms with Crippen LogP contribution in [0.2, 0.25) is 5.02 Å². The van der Waals surface area contributed by atoms with Crippen molar-refractivity contribution in [3.8, 4) is 0 Å². The normalized spacial score (nSPS) is 11.2. The third-order valence-corrected chi connectivity index (χ3v) is 2.99. The molecule has 0 aliphatic rings. The van der Waals surface area contributed by atoms with Gasteiger partial charge in [-0.1, -0.05) is 11.6 Å². The maximum Gasteiger partial charge on any atom is 0.415 e. The molecule has 6 heteroatoms. The van der Waals surface area contributed by atoms with E-state index in [4.69, 9.17) is 16.3 Å². The summed E-state index contributed by atoms with van der Waals surface area (Å²) in [7, 11) is 1.59. The van der Waals surface area contributed by atoms with Crippen LogP contribution in [0, 0.1) is 0 Å². The fourth-order valence-electron chi connectivity index (χ4n) is 1.01. The van der Waals surface area contributed by atoms with Gasteiger partial charge in [-0.25, -0.2) is 9.78 Å². The molecule has 0 unspecified atom stereocenters. The average Bonchev–Trinajstić information content (AvgIpc) is 2.18. The van der Waals surface area contributed by atoms with Gasteiger partial charge in [0, 0.05) is 17.7 Å². The topological polar surface area (TPSA) is 42.4 Å². The van der Waals surface area contributed by atoms with E-state index in [9.17, 15) is 4.79 Å². The largest absolute Gasteiger partial charge is 0.443 e. The highest BCUT2D eigenvalue weighted by Crippen LogP contribution is 2.25. The maximum atomic E-state index is 11.8. The maximum absolute atomic E-state index is 11.8. The summed E-state index contributed by atoms with van der Waals surface area (Å²) in [5.74, 6) is 0.468. The number of ether oxygens (including phenoxy) is 1. The van der Waals surface area contributed by atoms with Gasteiger partial charge in [-0.05, 0) is 42.8 Å². The minimum absolute atomic E-state index is 0.459. The Morgan fingerprint density at radius 1 is 1.53 bits per heavy atom. The zero-order valence-corrected chi connectivity index (χ0v) is 12.5. The van der Waals surface area contributed by atoms with Crippen molar-refractivity contribution in [3.63, 3.8) is 0 Å². The fraction of sp³-hybridized carbons (Fsp3) is 0.455. The first-order chi connectivity index (χ1) is 7.70. The van der Waals surface area contributed by atoms with E-state index in [1.54, 1.807) is 13.1 Å². The van der Waals surface area contributed by atoms with Gasteiger partial charge in [0.05, 0.1) is 5.02 Å². The molecular formula is C11H14BrClN2O2. The molecule has 0 aliphatic heterocycles. The van der Waals surface area contributed by atoms with E-state index in [0.717, 1.165) is 0 Å². The van der Waals surface area contributed by atoms with Gasteiger partial charge in [0.2, 0.25) is 0 Å². The van der Waals surface area contributed by atoms with E-state index >= 15 is 0 Å². The number of amides is 1. The molecule has 0 bridgehead atoms. The minimum Gasteiger partial charge on any atom is -0.443 e. The van der Waals surface area contributed by atoms with Crippen LogP contribution in [0.5, 0.6) is 0 Å². The van der Waals surface area contributed by atoms with Gasteiger partial charge in [0.25, 0.3) is 0 Å². The summed E-state index contributed by atoms with van der Waals surface area (Å²) in [6.07, 6.45) is 1.01. The van der Waals surface area contributed by atoms with Crippen LogP contribution in [0.1, 0.15) is 20.8 Å². The molecule has 0 N–H and O–H groups in total. The van der Waals surface area contributed by atoms with Crippen LogP contribution >= 0.6 is 27.5 Å². The van der Waals surface area contributed by atoms with Crippen LogP contribution in [-0.2, 0) is 4.74 Å². The van der Waals surface area contributed by atoms with Crippen molar-refractivity contribution >= 4 is 39.4 Å². The van der Waals surface area contributed by atoms with E-state index < -0.39 is 11.7 Å². The number of carbonyl (C=O) groups is 1. The number of hydrogen-bond acceptors (Lipinski definition) is 3. The molecule has 0 saturated carbocycles. The smallest absolute Gasteiger partial charge is 0.415 e. The van der Waals surface area contributed by atoms with Crippen LogP contribution in [0.15, 0.2) is 16.7 Å². The lowest BCUT2D eigenvalue weighted by molar-refractivity contribution is 0.0588. The SMILES string of the molecule is CN(C(=O)OC(C)(C)C)c1cc(Br)c(Cl)cn1. The van der Waals surface area contributed by atoms with Gasteiger partial charge in [-0.2, -0.15) is 0 Å². The minimum atomic E-state index is -0.533. The summed E-state index contributed by atoms with van der Waals surface area (Å²) in [5, 5.41) is 0.492. The van der Waals surface area contributed by atoms with Crippen LogP contribution in [0.4, 0.5) is 10.6 Å². The van der Waals surface area contributed by atoms with Crippen molar-refractivity contribution in [1.29, 1.82) is 0 Å². The van der Waals surface area contributed by atoms with E-state index in [-0.39, 0.29) is 0 Å². The van der Waals surface area contributed by atoms with Gasteiger partial charge >= 0.3 is 6.09 Å². The second kappa shape index (κ2) is 5.23. The standard InChI is InChI=1S/C11H14BrClN2O2/c1-11(2,3)17-10(16)15(4)9-5-7(12)8(13)6-14-9/h5-6H,1-4H3. The second-order valence-electron chi connectivity index (χ2n) is 4.50. The Balaban J connectivity index is 2.85. The molecule has 17 heavy (non-hydrogen) atoms. The Morgan fingerprint density at radius 2 is 2.12 bits per heavy atom. The molecule has 4 nitrogen and oxygen atoms in total. The third-order valence-electron chi connectivity index (χ3n) is 1.81. The lowest BCUT2D eigenvalue weighted by atomic mass is 10.2. The van der Waals surface area contributed by atoms with E-state index in [1.165, 1.54) is 11.1 Å². The fourth-order valence-corrected chi connectivity index (χ4v) is 1.42. The first-order valence-electron chi connectivity index (χ1n) is 4.98. The molecule has 1 amide bonds. The molecule has 0 aromatic carbocycles. The van der Waals surface area contributed by atoms with Crippen molar-refractivity contribution in [2.75, 3.05) is 11.9 Å². The number of anilines is 1. The average molecular weight is 322 g/mol. The zero-order chi connectivity index (χ0) is 13.2. The second-order valence-corrected chi connectivity index (χ2v) is 5.76. The Kier molecular flexibility index (Phi) is 4.38. The van der Waals surface area contributed by atoms with E-state index in [2.05, 4.69) is 20.9 Å². The predicted octanol–water partition coefficient (Wildman–Crippen LogP) is 3.87. The van der Waals surface area contributed by atoms with E-state index in [0.29, 0.717) is 15.3 Å². The van der Waals surface area contributed by atoms with Crippen LogP contribution in [-0.4, -0.2) is 23.7 Å². The lowest BCUT2D eigenvalue weighted by Crippen LogP contribution is -2.34. The molecule has 0 saturated heterocycles. The van der Waals surface area contributed by atoms with Crippen molar-refractivity contribution in [2.45, 2.75) is 26.4 Å². The van der Waals surface area contributed by atoms with Crippen molar-refractivity contribution < 1.29 is 9.53 Å². The predicted molar refractivity (Wildman–Crippen MR) is 71.6 cm³/mol. The van der Waals surface area contributed by atoms with Crippen molar-refractivity contribution in [1.82, 2.24) is 4.98 Å². The highest BCUT2D eigenvalue weighted by Gasteiger charge is 2.21. The quantitative estimate of drug-likeness (QED) is 0.788. The molecule has 1 rings (SSSR count).